The Balaban J connectivity index is 1.23. The van der Waals surface area contributed by atoms with Gasteiger partial charge in [0.1, 0.15) is 17.6 Å². The van der Waals surface area contributed by atoms with E-state index in [2.05, 4.69) is 14.9 Å². The molecule has 0 bridgehead atoms. The van der Waals surface area contributed by atoms with E-state index in [4.69, 9.17) is 9.47 Å². The Morgan fingerprint density at radius 3 is 2.39 bits per heavy atom. The van der Waals surface area contributed by atoms with Gasteiger partial charge < -0.3 is 19.4 Å². The van der Waals surface area contributed by atoms with Gasteiger partial charge in [0.15, 0.2) is 12.1 Å². The number of ether oxygens (including phenoxy) is 2. The van der Waals surface area contributed by atoms with E-state index in [1.165, 1.54) is 6.20 Å². The largest absolute Gasteiger partial charge is 0.372 e. The second-order valence-corrected chi connectivity index (χ2v) is 13.2. The summed E-state index contributed by atoms with van der Waals surface area (Å²) in [6.07, 6.45) is 3.30. The van der Waals surface area contributed by atoms with Gasteiger partial charge >= 0.3 is 10.2 Å². The molecule has 2 saturated heterocycles. The van der Waals surface area contributed by atoms with Gasteiger partial charge in [-0.2, -0.15) is 12.7 Å². The first kappa shape index (κ1) is 32.0. The van der Waals surface area contributed by atoms with Crippen LogP contribution in [0.5, 0.6) is 0 Å². The van der Waals surface area contributed by atoms with Gasteiger partial charge in [-0.05, 0) is 55.2 Å². The van der Waals surface area contributed by atoms with Crippen molar-refractivity contribution < 1.29 is 35.9 Å². The van der Waals surface area contributed by atoms with E-state index in [0.717, 1.165) is 53.6 Å². The molecule has 46 heavy (non-hydrogen) atoms. The van der Waals surface area contributed by atoms with Crippen molar-refractivity contribution in [2.45, 2.75) is 31.7 Å². The molecule has 2 fully saturated rings. The maximum Gasteiger partial charge on any atom is 0.301 e. The number of halogens is 3. The fraction of sp³-hybridized carbons (Fsp3) is 0.375. The van der Waals surface area contributed by atoms with Crippen molar-refractivity contribution in [2.75, 3.05) is 50.0 Å². The second-order valence-electron chi connectivity index (χ2n) is 11.5. The number of benzene rings is 2. The van der Waals surface area contributed by atoms with Crippen molar-refractivity contribution >= 4 is 38.4 Å². The molecular weight excluding hydrogens is 623 g/mol. The highest BCUT2D eigenvalue weighted by Crippen LogP contribution is 2.32. The monoisotopic (exact) mass is 657 g/mol. The highest BCUT2D eigenvalue weighted by molar-refractivity contribution is 7.90. The number of nitrogens with zero attached hydrogens (tertiary/aromatic N) is 3. The molecule has 0 radical (unpaired) electrons. The summed E-state index contributed by atoms with van der Waals surface area (Å²) in [5, 5.41) is 0.343. The minimum atomic E-state index is -4.33. The van der Waals surface area contributed by atoms with E-state index in [0.29, 0.717) is 22.5 Å². The SMILES string of the molecule is COC(OC)C1CCN(c2ccc(-c3cnc4[nH]cc(C(=O)c5c(F)ccc(NS(=O)(=O)N6CCC(F)C6)c5F)c4c3)cc2)CC1. The number of ketones is 1. The quantitative estimate of drug-likeness (QED) is 0.176. The maximum atomic E-state index is 15.6. The lowest BCUT2D eigenvalue weighted by molar-refractivity contribution is -0.141. The number of piperidine rings is 1. The molecule has 0 saturated carbocycles. The molecule has 244 valence electrons. The molecule has 2 aromatic carbocycles. The summed E-state index contributed by atoms with van der Waals surface area (Å²) in [5.74, 6) is -3.19. The molecule has 0 amide bonds. The zero-order chi connectivity index (χ0) is 32.6. The van der Waals surface area contributed by atoms with Gasteiger partial charge in [-0.25, -0.2) is 18.2 Å². The molecule has 2 aromatic heterocycles. The van der Waals surface area contributed by atoms with Crippen LogP contribution in [0.25, 0.3) is 22.2 Å². The van der Waals surface area contributed by atoms with Crippen LogP contribution in [0.2, 0.25) is 0 Å². The fourth-order valence-corrected chi connectivity index (χ4v) is 7.48. The summed E-state index contributed by atoms with van der Waals surface area (Å²) < 4.78 is 83.2. The van der Waals surface area contributed by atoms with E-state index in [1.807, 2.05) is 29.0 Å². The fourth-order valence-electron chi connectivity index (χ4n) is 6.21. The summed E-state index contributed by atoms with van der Waals surface area (Å²) in [5.41, 5.74) is 1.34. The third kappa shape index (κ3) is 6.21. The number of nitrogens with one attached hydrogen (secondary N) is 2. The van der Waals surface area contributed by atoms with Crippen LogP contribution in [0.3, 0.4) is 0 Å². The number of H-pyrrole nitrogens is 1. The number of aromatic amines is 1. The first-order valence-corrected chi connectivity index (χ1v) is 16.4. The molecule has 6 rings (SSSR count). The Kier molecular flexibility index (Phi) is 9.06. The first-order valence-electron chi connectivity index (χ1n) is 14.9. The lowest BCUT2D eigenvalue weighted by Crippen LogP contribution is -2.39. The van der Waals surface area contributed by atoms with E-state index >= 15 is 4.39 Å². The number of aromatic nitrogens is 2. The summed E-state index contributed by atoms with van der Waals surface area (Å²) in [7, 11) is -1.02. The number of anilines is 2. The van der Waals surface area contributed by atoms with E-state index in [9.17, 15) is 22.0 Å². The number of hydrogen-bond donors (Lipinski definition) is 2. The topological polar surface area (TPSA) is 117 Å². The van der Waals surface area contributed by atoms with Crippen molar-refractivity contribution in [3.8, 4) is 11.1 Å². The molecule has 4 heterocycles. The smallest absolute Gasteiger partial charge is 0.301 e. The van der Waals surface area contributed by atoms with E-state index in [-0.39, 0.29) is 31.4 Å². The molecule has 1 atom stereocenters. The van der Waals surface area contributed by atoms with Crippen LogP contribution in [0.15, 0.2) is 54.9 Å². The summed E-state index contributed by atoms with van der Waals surface area (Å²) in [6.45, 7) is 1.27. The number of carbonyl (C=O) groups excluding carboxylic acids is 1. The molecule has 2 aliphatic rings. The van der Waals surface area contributed by atoms with Crippen molar-refractivity contribution in [3.63, 3.8) is 0 Å². The molecule has 4 aromatic rings. The van der Waals surface area contributed by atoms with Crippen molar-refractivity contribution in [1.29, 1.82) is 0 Å². The minimum Gasteiger partial charge on any atom is -0.372 e. The van der Waals surface area contributed by atoms with Crippen LogP contribution in [0.1, 0.15) is 35.2 Å². The van der Waals surface area contributed by atoms with Crippen LogP contribution < -0.4 is 9.62 Å². The summed E-state index contributed by atoms with van der Waals surface area (Å²) in [6, 6.07) is 11.3. The van der Waals surface area contributed by atoms with Crippen molar-refractivity contribution in [2.24, 2.45) is 5.92 Å². The van der Waals surface area contributed by atoms with Crippen LogP contribution in [-0.4, -0.2) is 81.3 Å². The molecule has 2 aliphatic heterocycles. The third-order valence-electron chi connectivity index (χ3n) is 8.72. The number of fused-ring (bicyclic) bond motifs is 1. The molecule has 2 N–H and O–H groups in total. The Labute approximate surface area is 264 Å². The van der Waals surface area contributed by atoms with Gasteiger partial charge in [0.05, 0.1) is 11.3 Å². The number of carbonyl (C=O) groups is 1. The number of rotatable bonds is 10. The van der Waals surface area contributed by atoms with Gasteiger partial charge in [-0.15, -0.1) is 0 Å². The Bertz CT molecular complexity index is 1840. The molecule has 1 unspecified atom stereocenters. The van der Waals surface area contributed by atoms with Crippen LogP contribution in [-0.2, 0) is 19.7 Å². The molecule has 14 heteroatoms. The lowest BCUT2D eigenvalue weighted by Gasteiger charge is -2.36. The van der Waals surface area contributed by atoms with Crippen LogP contribution in [0.4, 0.5) is 24.5 Å². The second kappa shape index (κ2) is 13.0. The lowest BCUT2D eigenvalue weighted by atomic mass is 9.95. The zero-order valence-corrected chi connectivity index (χ0v) is 26.1. The average Bonchev–Trinajstić information content (AvgIpc) is 3.70. The van der Waals surface area contributed by atoms with E-state index < -0.39 is 45.0 Å². The van der Waals surface area contributed by atoms with Crippen LogP contribution >= 0.6 is 0 Å². The normalized spacial score (nSPS) is 18.1. The summed E-state index contributed by atoms with van der Waals surface area (Å²) >= 11 is 0. The molecule has 0 aliphatic carbocycles. The number of methoxy groups -OCH3 is 2. The Morgan fingerprint density at radius 1 is 1.02 bits per heavy atom. The first-order chi connectivity index (χ1) is 22.1. The van der Waals surface area contributed by atoms with E-state index in [1.54, 1.807) is 26.5 Å². The minimum absolute atomic E-state index is 0.0150. The number of alkyl halides is 1. The Hall–Kier alpha value is -3.98. The van der Waals surface area contributed by atoms with Crippen molar-refractivity contribution in [1.82, 2.24) is 14.3 Å². The highest BCUT2D eigenvalue weighted by Gasteiger charge is 2.33. The van der Waals surface area contributed by atoms with Gasteiger partial charge in [-0.1, -0.05) is 12.1 Å². The summed E-state index contributed by atoms with van der Waals surface area (Å²) in [4.78, 5) is 23.1. The number of pyridine rings is 1. The number of hydrogen-bond acceptors (Lipinski definition) is 7. The predicted octanol–water partition coefficient (Wildman–Crippen LogP) is 5.27. The van der Waals surface area contributed by atoms with Gasteiger partial charge in [0.25, 0.3) is 0 Å². The van der Waals surface area contributed by atoms with Gasteiger partial charge in [-0.3, -0.25) is 9.52 Å². The molecule has 10 nitrogen and oxygen atoms in total. The van der Waals surface area contributed by atoms with Crippen LogP contribution in [0, 0.1) is 17.6 Å². The highest BCUT2D eigenvalue weighted by atomic mass is 32.2. The van der Waals surface area contributed by atoms with Crippen molar-refractivity contribution in [3.05, 3.63) is 77.6 Å². The molecular formula is C32H34F3N5O5S. The third-order valence-corrected chi connectivity index (χ3v) is 10.2. The van der Waals surface area contributed by atoms with Gasteiger partial charge in [0.2, 0.25) is 5.78 Å². The Morgan fingerprint density at radius 2 is 1.74 bits per heavy atom. The predicted molar refractivity (Wildman–Crippen MR) is 168 cm³/mol. The maximum absolute atomic E-state index is 15.6. The zero-order valence-electron chi connectivity index (χ0n) is 25.3. The van der Waals surface area contributed by atoms with Gasteiger partial charge in [0, 0.05) is 80.9 Å². The average molecular weight is 658 g/mol. The standard InChI is InChI=1S/C32H34F3N5O5S/c1-44-32(45-2)20-9-12-39(13-10-20)23-5-3-19(4-6-23)21-15-24-25(17-37-31(24)36-16-21)30(41)28-26(34)7-8-27(29(28)35)38-46(42,43)40-14-11-22(33)18-40/h3-8,15-17,20,22,32,38H,9-14,18H2,1-2H3,(H,36,37). The molecule has 0 spiro atoms.